The van der Waals surface area contributed by atoms with Gasteiger partial charge in [0.2, 0.25) is 0 Å². The lowest BCUT2D eigenvalue weighted by atomic mass is 10.1. The van der Waals surface area contributed by atoms with Gasteiger partial charge in [-0.3, -0.25) is 20.2 Å². The fourth-order valence-electron chi connectivity index (χ4n) is 3.05. The zero-order valence-electron chi connectivity index (χ0n) is 16.3. The van der Waals surface area contributed by atoms with Gasteiger partial charge in [-0.25, -0.2) is 4.98 Å². The topological polar surface area (TPSA) is 97.2 Å². The molecule has 0 bridgehead atoms. The third kappa shape index (κ3) is 4.42. The van der Waals surface area contributed by atoms with E-state index < -0.39 is 10.8 Å². The van der Waals surface area contributed by atoms with Crippen molar-refractivity contribution in [2.75, 3.05) is 5.32 Å². The third-order valence-corrected chi connectivity index (χ3v) is 5.95. The monoisotopic (exact) mass is 448 g/mol. The summed E-state index contributed by atoms with van der Waals surface area (Å²) < 4.78 is 1.11. The van der Waals surface area contributed by atoms with E-state index in [9.17, 15) is 14.9 Å². The van der Waals surface area contributed by atoms with Crippen LogP contribution in [0.1, 0.15) is 15.9 Å². The largest absolute Gasteiger partial charge is 0.332 e. The van der Waals surface area contributed by atoms with Gasteiger partial charge in [0.1, 0.15) is 5.01 Å². The van der Waals surface area contributed by atoms with Crippen molar-refractivity contribution in [2.24, 2.45) is 0 Å². The molecule has 31 heavy (non-hydrogen) atoms. The molecular weight excluding hydrogens is 432 g/mol. The predicted octanol–water partition coefficient (Wildman–Crippen LogP) is 5.31. The van der Waals surface area contributed by atoms with Crippen LogP contribution in [0.15, 0.2) is 66.7 Å². The fraction of sp³-hybridized carbons (Fsp3) is 0.0455. The number of hydrogen-bond donors (Lipinski definition) is 2. The molecule has 4 aromatic rings. The van der Waals surface area contributed by atoms with E-state index in [2.05, 4.69) is 10.6 Å². The van der Waals surface area contributed by atoms with Crippen LogP contribution in [0.2, 0.25) is 0 Å². The maximum atomic E-state index is 12.4. The number of thiazole rings is 1. The minimum atomic E-state index is -0.519. The van der Waals surface area contributed by atoms with E-state index in [4.69, 9.17) is 17.2 Å². The van der Waals surface area contributed by atoms with Crippen molar-refractivity contribution in [3.05, 3.63) is 88.0 Å². The molecule has 1 heterocycles. The van der Waals surface area contributed by atoms with Crippen LogP contribution in [0.4, 0.5) is 11.4 Å². The van der Waals surface area contributed by atoms with Crippen LogP contribution < -0.4 is 10.6 Å². The van der Waals surface area contributed by atoms with Crippen molar-refractivity contribution >= 4 is 56.2 Å². The summed E-state index contributed by atoms with van der Waals surface area (Å²) in [6, 6.07) is 19.1. The highest BCUT2D eigenvalue weighted by atomic mass is 32.1. The van der Waals surface area contributed by atoms with E-state index >= 15 is 0 Å². The van der Waals surface area contributed by atoms with Gasteiger partial charge in [0.05, 0.1) is 15.1 Å². The number of rotatable bonds is 4. The molecule has 0 radical (unpaired) electrons. The highest BCUT2D eigenvalue weighted by Gasteiger charge is 2.14. The van der Waals surface area contributed by atoms with Crippen LogP contribution >= 0.6 is 23.6 Å². The first-order valence-corrected chi connectivity index (χ1v) is 10.5. The molecule has 7 nitrogen and oxygen atoms in total. The normalized spacial score (nSPS) is 10.6. The first kappa shape index (κ1) is 20.6. The molecule has 9 heteroatoms. The molecule has 0 aliphatic heterocycles. The number of nitro benzene ring substituents is 1. The second-order valence-electron chi connectivity index (χ2n) is 6.68. The Kier molecular flexibility index (Phi) is 5.70. The smallest absolute Gasteiger partial charge is 0.269 e. The number of nitrogens with one attached hydrogen (secondary N) is 2. The highest BCUT2D eigenvalue weighted by molar-refractivity contribution is 7.80. The lowest BCUT2D eigenvalue weighted by Gasteiger charge is -2.13. The summed E-state index contributed by atoms with van der Waals surface area (Å²) in [5, 5.41) is 17.4. The summed E-state index contributed by atoms with van der Waals surface area (Å²) in [4.78, 5) is 27.3. The van der Waals surface area contributed by atoms with Crippen molar-refractivity contribution in [1.82, 2.24) is 10.3 Å². The molecule has 4 rings (SSSR count). The lowest BCUT2D eigenvalue weighted by Crippen LogP contribution is -2.34. The molecule has 0 saturated heterocycles. The highest BCUT2D eigenvalue weighted by Crippen LogP contribution is 2.34. The Hall–Kier alpha value is -3.69. The van der Waals surface area contributed by atoms with Gasteiger partial charge < -0.3 is 5.32 Å². The van der Waals surface area contributed by atoms with Crippen LogP contribution in [0.3, 0.4) is 0 Å². The van der Waals surface area contributed by atoms with Gasteiger partial charge in [0.25, 0.3) is 11.6 Å². The van der Waals surface area contributed by atoms with Crippen LogP contribution in [0.5, 0.6) is 0 Å². The number of carbonyl (C=O) groups is 1. The van der Waals surface area contributed by atoms with Gasteiger partial charge >= 0.3 is 0 Å². The summed E-state index contributed by atoms with van der Waals surface area (Å²) in [5.74, 6) is -0.452. The number of benzene rings is 3. The number of carbonyl (C=O) groups excluding carboxylic acids is 1. The minimum absolute atomic E-state index is 0.0838. The molecular formula is C22H16N4O3S2. The number of aromatic nitrogens is 1. The molecule has 154 valence electrons. The van der Waals surface area contributed by atoms with E-state index in [1.165, 1.54) is 24.3 Å². The molecule has 0 unspecified atom stereocenters. The van der Waals surface area contributed by atoms with Gasteiger partial charge in [-0.2, -0.15) is 0 Å². The number of hydrogen-bond acceptors (Lipinski definition) is 6. The molecule has 0 aliphatic carbocycles. The van der Waals surface area contributed by atoms with Gasteiger partial charge in [-0.15, -0.1) is 11.3 Å². The van der Waals surface area contributed by atoms with Crippen molar-refractivity contribution in [2.45, 2.75) is 6.92 Å². The van der Waals surface area contributed by atoms with Crippen LogP contribution in [0, 0.1) is 17.0 Å². The van der Waals surface area contributed by atoms with E-state index in [0.717, 1.165) is 32.0 Å². The molecule has 0 saturated carbocycles. The summed E-state index contributed by atoms with van der Waals surface area (Å²) in [5.41, 5.74) is 3.83. The molecule has 3 aromatic carbocycles. The Morgan fingerprint density at radius 2 is 1.81 bits per heavy atom. The fourth-order valence-corrected chi connectivity index (χ4v) is 4.30. The van der Waals surface area contributed by atoms with E-state index in [-0.39, 0.29) is 16.4 Å². The lowest BCUT2D eigenvalue weighted by molar-refractivity contribution is -0.384. The van der Waals surface area contributed by atoms with Gasteiger partial charge in [0, 0.05) is 28.9 Å². The van der Waals surface area contributed by atoms with E-state index in [1.807, 2.05) is 49.4 Å². The zero-order valence-corrected chi connectivity index (χ0v) is 17.9. The third-order valence-electron chi connectivity index (χ3n) is 4.67. The first-order valence-electron chi connectivity index (χ1n) is 9.25. The maximum Gasteiger partial charge on any atom is 0.269 e. The van der Waals surface area contributed by atoms with Gasteiger partial charge in [0.15, 0.2) is 5.11 Å². The summed E-state index contributed by atoms with van der Waals surface area (Å²) in [7, 11) is 0. The van der Waals surface area contributed by atoms with Crippen LogP contribution in [-0.4, -0.2) is 20.9 Å². The van der Waals surface area contributed by atoms with E-state index in [0.29, 0.717) is 0 Å². The molecule has 0 aliphatic rings. The number of nitro groups is 1. The number of nitrogens with zero attached hydrogens (tertiary/aromatic N) is 2. The number of anilines is 1. The second-order valence-corrected chi connectivity index (χ2v) is 8.12. The average molecular weight is 449 g/mol. The van der Waals surface area contributed by atoms with E-state index in [1.54, 1.807) is 11.3 Å². The molecule has 0 spiro atoms. The first-order chi connectivity index (χ1) is 14.9. The number of thiocarbonyl (C=S) groups is 1. The number of para-hydroxylation sites is 1. The molecule has 0 atom stereocenters. The van der Waals surface area contributed by atoms with Gasteiger partial charge in [-0.1, -0.05) is 24.3 Å². The quantitative estimate of drug-likeness (QED) is 0.250. The van der Waals surface area contributed by atoms with Gasteiger partial charge in [-0.05, 0) is 55.0 Å². The Morgan fingerprint density at radius 1 is 1.06 bits per heavy atom. The Labute approximate surface area is 186 Å². The number of fused-ring (bicyclic) bond motifs is 1. The average Bonchev–Trinajstić information content (AvgIpc) is 3.19. The molecule has 1 aromatic heterocycles. The van der Waals surface area contributed by atoms with Crippen molar-refractivity contribution in [3.63, 3.8) is 0 Å². The summed E-state index contributed by atoms with van der Waals surface area (Å²) >= 11 is 6.90. The standard InChI is InChI=1S/C22H16N4O3S2/c1-13-16(21-23-18-6-2-3-8-19(18)31-21)5-4-7-17(13)24-22(30)25-20(27)14-9-11-15(12-10-14)26(28)29/h2-12H,1H3,(H2,24,25,27,30). The molecule has 2 N–H and O–H groups in total. The SMILES string of the molecule is Cc1c(NC(=S)NC(=O)c2ccc([N+](=O)[O-])cc2)cccc1-c1nc2ccccc2s1. The Bertz CT molecular complexity index is 1280. The van der Waals surface area contributed by atoms with Crippen LogP contribution in [-0.2, 0) is 0 Å². The number of non-ortho nitro benzene ring substituents is 1. The Morgan fingerprint density at radius 3 is 2.52 bits per heavy atom. The molecule has 1 amide bonds. The summed E-state index contributed by atoms with van der Waals surface area (Å²) in [6.45, 7) is 1.96. The van der Waals surface area contributed by atoms with Crippen molar-refractivity contribution in [3.8, 4) is 10.6 Å². The maximum absolute atomic E-state index is 12.4. The molecule has 0 fully saturated rings. The number of amides is 1. The zero-order chi connectivity index (χ0) is 22.0. The summed E-state index contributed by atoms with van der Waals surface area (Å²) in [6.07, 6.45) is 0. The Balaban J connectivity index is 1.50. The predicted molar refractivity (Wildman–Crippen MR) is 127 cm³/mol. The second kappa shape index (κ2) is 8.58. The van der Waals surface area contributed by atoms with Crippen LogP contribution in [0.25, 0.3) is 20.8 Å². The minimum Gasteiger partial charge on any atom is -0.332 e. The van der Waals surface area contributed by atoms with Crippen molar-refractivity contribution in [1.29, 1.82) is 0 Å². The van der Waals surface area contributed by atoms with Crippen molar-refractivity contribution < 1.29 is 9.72 Å².